The Morgan fingerprint density at radius 2 is 2.43 bits per heavy atom. The molecule has 1 aliphatic rings. The largest absolute Gasteiger partial charge is 0.349 e. The lowest BCUT2D eigenvalue weighted by Gasteiger charge is -2.03. The van der Waals surface area contributed by atoms with Gasteiger partial charge in [0.05, 0.1) is 12.5 Å². The van der Waals surface area contributed by atoms with Crippen molar-refractivity contribution in [2.75, 3.05) is 13.1 Å². The standard InChI is InChI=1S/C9H14N4O/c14-9(8-5-10-6-13-8)12-4-3-11-7-1-2-7/h5-7,11H,1-4H2,(H,10,13)(H,12,14). The van der Waals surface area contributed by atoms with Crippen molar-refractivity contribution in [3.05, 3.63) is 18.2 Å². The van der Waals surface area contributed by atoms with Crippen molar-refractivity contribution in [1.82, 2.24) is 20.6 Å². The van der Waals surface area contributed by atoms with Gasteiger partial charge >= 0.3 is 0 Å². The third-order valence-electron chi connectivity index (χ3n) is 2.16. The van der Waals surface area contributed by atoms with E-state index in [1.54, 1.807) is 0 Å². The van der Waals surface area contributed by atoms with Crippen LogP contribution in [0.3, 0.4) is 0 Å². The summed E-state index contributed by atoms with van der Waals surface area (Å²) in [6.45, 7) is 1.50. The Hall–Kier alpha value is -1.36. The smallest absolute Gasteiger partial charge is 0.269 e. The molecule has 0 atom stereocenters. The molecule has 0 saturated heterocycles. The molecule has 1 aromatic heterocycles. The molecule has 0 aliphatic heterocycles. The van der Waals surface area contributed by atoms with E-state index in [0.717, 1.165) is 6.54 Å². The molecule has 0 unspecified atom stereocenters. The molecule has 0 radical (unpaired) electrons. The van der Waals surface area contributed by atoms with Gasteiger partial charge in [-0.05, 0) is 12.8 Å². The fourth-order valence-electron chi connectivity index (χ4n) is 1.22. The molecule has 1 amide bonds. The van der Waals surface area contributed by atoms with Crippen LogP contribution in [-0.4, -0.2) is 35.0 Å². The molecule has 1 aromatic rings. The number of aromatic nitrogens is 2. The van der Waals surface area contributed by atoms with Gasteiger partial charge in [-0.25, -0.2) is 4.98 Å². The predicted octanol–water partition coefficient (Wildman–Crippen LogP) is -0.109. The minimum absolute atomic E-state index is 0.0971. The van der Waals surface area contributed by atoms with Gasteiger partial charge in [0.15, 0.2) is 0 Å². The predicted molar refractivity (Wildman–Crippen MR) is 51.9 cm³/mol. The second kappa shape index (κ2) is 4.23. The molecule has 0 bridgehead atoms. The first kappa shape index (κ1) is 9.21. The van der Waals surface area contributed by atoms with Crippen molar-refractivity contribution < 1.29 is 4.79 Å². The molecule has 5 nitrogen and oxygen atoms in total. The van der Waals surface area contributed by atoms with E-state index in [1.165, 1.54) is 25.4 Å². The third-order valence-corrected chi connectivity index (χ3v) is 2.16. The molecule has 76 valence electrons. The number of H-pyrrole nitrogens is 1. The third kappa shape index (κ3) is 2.56. The molecule has 2 rings (SSSR count). The van der Waals surface area contributed by atoms with Gasteiger partial charge in [0, 0.05) is 19.1 Å². The highest BCUT2D eigenvalue weighted by Crippen LogP contribution is 2.17. The Morgan fingerprint density at radius 1 is 1.57 bits per heavy atom. The summed E-state index contributed by atoms with van der Waals surface area (Å²) >= 11 is 0. The first-order chi connectivity index (χ1) is 6.86. The van der Waals surface area contributed by atoms with Crippen molar-refractivity contribution in [3.63, 3.8) is 0 Å². The van der Waals surface area contributed by atoms with E-state index in [0.29, 0.717) is 18.3 Å². The molecule has 3 N–H and O–H groups in total. The summed E-state index contributed by atoms with van der Waals surface area (Å²) in [5.74, 6) is -0.0971. The molecule has 0 aromatic carbocycles. The van der Waals surface area contributed by atoms with Crippen LogP contribution in [-0.2, 0) is 0 Å². The first-order valence-corrected chi connectivity index (χ1v) is 4.86. The van der Waals surface area contributed by atoms with E-state index in [-0.39, 0.29) is 5.91 Å². The quantitative estimate of drug-likeness (QED) is 0.573. The second-order valence-corrected chi connectivity index (χ2v) is 3.45. The van der Waals surface area contributed by atoms with Crippen LogP contribution in [0.15, 0.2) is 12.5 Å². The van der Waals surface area contributed by atoms with Gasteiger partial charge in [0.25, 0.3) is 5.91 Å². The second-order valence-electron chi connectivity index (χ2n) is 3.45. The summed E-state index contributed by atoms with van der Waals surface area (Å²) in [5.41, 5.74) is 0.511. The maximum Gasteiger partial charge on any atom is 0.269 e. The number of amides is 1. The lowest BCUT2D eigenvalue weighted by Crippen LogP contribution is -2.32. The highest BCUT2D eigenvalue weighted by Gasteiger charge is 2.19. The van der Waals surface area contributed by atoms with E-state index < -0.39 is 0 Å². The molecule has 14 heavy (non-hydrogen) atoms. The molecular weight excluding hydrogens is 180 g/mol. The monoisotopic (exact) mass is 194 g/mol. The highest BCUT2D eigenvalue weighted by atomic mass is 16.1. The molecular formula is C9H14N4O. The Balaban J connectivity index is 1.62. The Labute approximate surface area is 82.3 Å². The average molecular weight is 194 g/mol. The number of rotatable bonds is 5. The van der Waals surface area contributed by atoms with Crippen LogP contribution in [0.5, 0.6) is 0 Å². The van der Waals surface area contributed by atoms with Crippen LogP contribution in [0.2, 0.25) is 0 Å². The van der Waals surface area contributed by atoms with Crippen molar-refractivity contribution in [1.29, 1.82) is 0 Å². The molecule has 1 saturated carbocycles. The number of nitrogens with zero attached hydrogens (tertiary/aromatic N) is 1. The number of hydrogen-bond acceptors (Lipinski definition) is 3. The normalized spacial score (nSPS) is 15.4. The number of imidazole rings is 1. The van der Waals surface area contributed by atoms with Gasteiger partial charge in [-0.1, -0.05) is 0 Å². The van der Waals surface area contributed by atoms with Crippen LogP contribution >= 0.6 is 0 Å². The van der Waals surface area contributed by atoms with E-state index in [4.69, 9.17) is 0 Å². The summed E-state index contributed by atoms with van der Waals surface area (Å²) < 4.78 is 0. The molecule has 0 spiro atoms. The maximum absolute atomic E-state index is 11.4. The van der Waals surface area contributed by atoms with Crippen LogP contribution in [0, 0.1) is 0 Å². The van der Waals surface area contributed by atoms with Crippen molar-refractivity contribution in [3.8, 4) is 0 Å². The number of carbonyl (C=O) groups excluding carboxylic acids is 1. The number of aromatic amines is 1. The Kier molecular flexibility index (Phi) is 2.78. The summed E-state index contributed by atoms with van der Waals surface area (Å²) in [5, 5.41) is 6.11. The maximum atomic E-state index is 11.4. The topological polar surface area (TPSA) is 69.8 Å². The minimum atomic E-state index is -0.0971. The summed E-state index contributed by atoms with van der Waals surface area (Å²) in [6.07, 6.45) is 5.56. The summed E-state index contributed by atoms with van der Waals surface area (Å²) in [4.78, 5) is 17.9. The number of carbonyl (C=O) groups is 1. The van der Waals surface area contributed by atoms with Gasteiger partial charge < -0.3 is 15.6 Å². The lowest BCUT2D eigenvalue weighted by atomic mass is 10.4. The molecule has 5 heteroatoms. The fraction of sp³-hybridized carbons (Fsp3) is 0.556. The van der Waals surface area contributed by atoms with Crippen LogP contribution < -0.4 is 10.6 Å². The zero-order valence-corrected chi connectivity index (χ0v) is 7.92. The fourth-order valence-corrected chi connectivity index (χ4v) is 1.22. The van der Waals surface area contributed by atoms with Crippen molar-refractivity contribution >= 4 is 5.91 Å². The van der Waals surface area contributed by atoms with Gasteiger partial charge in [0.2, 0.25) is 0 Å². The van der Waals surface area contributed by atoms with E-state index in [1.807, 2.05) is 0 Å². The zero-order chi connectivity index (χ0) is 9.80. The SMILES string of the molecule is O=C(NCCNC1CC1)c1cnc[nH]1. The molecule has 1 heterocycles. The van der Waals surface area contributed by atoms with Gasteiger partial charge in [-0.2, -0.15) is 0 Å². The van der Waals surface area contributed by atoms with E-state index >= 15 is 0 Å². The van der Waals surface area contributed by atoms with E-state index in [9.17, 15) is 4.79 Å². The van der Waals surface area contributed by atoms with Gasteiger partial charge in [-0.3, -0.25) is 4.79 Å². The van der Waals surface area contributed by atoms with Crippen LogP contribution in [0.1, 0.15) is 23.3 Å². The minimum Gasteiger partial charge on any atom is -0.349 e. The van der Waals surface area contributed by atoms with Crippen LogP contribution in [0.4, 0.5) is 0 Å². The molecule has 1 fully saturated rings. The lowest BCUT2D eigenvalue weighted by molar-refractivity contribution is 0.0949. The Bertz CT molecular complexity index is 292. The highest BCUT2D eigenvalue weighted by molar-refractivity contribution is 5.91. The average Bonchev–Trinajstić information content (AvgIpc) is 2.84. The molecule has 1 aliphatic carbocycles. The zero-order valence-electron chi connectivity index (χ0n) is 7.92. The van der Waals surface area contributed by atoms with Crippen molar-refractivity contribution in [2.24, 2.45) is 0 Å². The number of hydrogen-bond donors (Lipinski definition) is 3. The van der Waals surface area contributed by atoms with Crippen molar-refractivity contribution in [2.45, 2.75) is 18.9 Å². The summed E-state index contributed by atoms with van der Waals surface area (Å²) in [6, 6.07) is 0.694. The van der Waals surface area contributed by atoms with E-state index in [2.05, 4.69) is 20.6 Å². The van der Waals surface area contributed by atoms with Crippen LogP contribution in [0.25, 0.3) is 0 Å². The van der Waals surface area contributed by atoms with Gasteiger partial charge in [0.1, 0.15) is 5.69 Å². The first-order valence-electron chi connectivity index (χ1n) is 4.86. The van der Waals surface area contributed by atoms with Gasteiger partial charge in [-0.15, -0.1) is 0 Å². The number of nitrogens with one attached hydrogen (secondary N) is 3. The summed E-state index contributed by atoms with van der Waals surface area (Å²) in [7, 11) is 0. The Morgan fingerprint density at radius 3 is 3.07 bits per heavy atom.